The van der Waals surface area contributed by atoms with Crippen LogP contribution in [0.5, 0.6) is 0 Å². The standard InChI is InChI=1S/C22H24ClN3O6S/c1-14(20(28)26-18-7-5-4-6-17(18)25-21(29)22(26,2)3)32-19(27)12-13-24-33(30,31)16-10-8-15(23)9-11-16/h4-11,14,24H,12-13H2,1-3H3,(H,25,29). The van der Waals surface area contributed by atoms with Crippen LogP contribution in [0.1, 0.15) is 27.2 Å². The molecule has 0 aliphatic carbocycles. The van der Waals surface area contributed by atoms with Crippen LogP contribution in [0.2, 0.25) is 5.02 Å². The zero-order valence-electron chi connectivity index (χ0n) is 18.3. The molecule has 0 aromatic heterocycles. The van der Waals surface area contributed by atoms with Gasteiger partial charge in [-0.2, -0.15) is 0 Å². The Balaban J connectivity index is 1.62. The first-order valence-electron chi connectivity index (χ1n) is 10.1. The molecular formula is C22H24ClN3O6S. The molecule has 1 aliphatic rings. The number of hydrogen-bond donors (Lipinski definition) is 2. The molecule has 2 aromatic carbocycles. The van der Waals surface area contributed by atoms with Crippen molar-refractivity contribution >= 4 is 50.8 Å². The summed E-state index contributed by atoms with van der Waals surface area (Å²) in [4.78, 5) is 39.2. The van der Waals surface area contributed by atoms with E-state index in [0.717, 1.165) is 0 Å². The van der Waals surface area contributed by atoms with Crippen LogP contribution in [-0.4, -0.2) is 44.4 Å². The van der Waals surface area contributed by atoms with E-state index in [-0.39, 0.29) is 23.8 Å². The SMILES string of the molecule is CC(OC(=O)CCNS(=O)(=O)c1ccc(Cl)cc1)C(=O)N1c2ccccc2NC(=O)C1(C)C. The molecule has 1 atom stereocenters. The molecule has 2 N–H and O–H groups in total. The van der Waals surface area contributed by atoms with E-state index in [9.17, 15) is 22.8 Å². The molecule has 11 heteroatoms. The van der Waals surface area contributed by atoms with E-state index in [1.807, 2.05) is 0 Å². The molecule has 0 saturated heterocycles. The Morgan fingerprint density at radius 3 is 2.45 bits per heavy atom. The zero-order valence-corrected chi connectivity index (χ0v) is 19.9. The maximum absolute atomic E-state index is 13.1. The molecule has 0 saturated carbocycles. The van der Waals surface area contributed by atoms with Crippen LogP contribution in [0, 0.1) is 0 Å². The second kappa shape index (κ2) is 9.50. The highest BCUT2D eigenvalue weighted by Gasteiger charge is 2.45. The lowest BCUT2D eigenvalue weighted by molar-refractivity contribution is -0.154. The average molecular weight is 494 g/mol. The first kappa shape index (κ1) is 24.7. The van der Waals surface area contributed by atoms with Crippen LogP contribution in [-0.2, 0) is 29.1 Å². The van der Waals surface area contributed by atoms with Gasteiger partial charge >= 0.3 is 5.97 Å². The van der Waals surface area contributed by atoms with Gasteiger partial charge in [0.05, 0.1) is 22.7 Å². The molecule has 1 heterocycles. The van der Waals surface area contributed by atoms with Crippen molar-refractivity contribution in [3.63, 3.8) is 0 Å². The third-order valence-electron chi connectivity index (χ3n) is 5.13. The number of ether oxygens (including phenoxy) is 1. The number of nitrogens with one attached hydrogen (secondary N) is 2. The monoisotopic (exact) mass is 493 g/mol. The number of amides is 2. The average Bonchev–Trinajstić information content (AvgIpc) is 2.74. The summed E-state index contributed by atoms with van der Waals surface area (Å²) in [6.45, 7) is 4.38. The number of hydrogen-bond acceptors (Lipinski definition) is 6. The second-order valence-corrected chi connectivity index (χ2v) is 10.1. The van der Waals surface area contributed by atoms with Crippen LogP contribution in [0.3, 0.4) is 0 Å². The van der Waals surface area contributed by atoms with Gasteiger partial charge in [-0.3, -0.25) is 19.3 Å². The van der Waals surface area contributed by atoms with Crippen molar-refractivity contribution in [1.29, 1.82) is 0 Å². The highest BCUT2D eigenvalue weighted by Crippen LogP contribution is 2.37. The summed E-state index contributed by atoms with van der Waals surface area (Å²) < 4.78 is 32.1. The highest BCUT2D eigenvalue weighted by molar-refractivity contribution is 7.89. The molecule has 1 unspecified atom stereocenters. The molecule has 33 heavy (non-hydrogen) atoms. The number of esters is 1. The highest BCUT2D eigenvalue weighted by atomic mass is 35.5. The van der Waals surface area contributed by atoms with E-state index in [1.165, 1.54) is 36.1 Å². The Hall–Kier alpha value is -2.95. The molecule has 9 nitrogen and oxygen atoms in total. The first-order chi connectivity index (χ1) is 15.4. The Morgan fingerprint density at radius 1 is 1.15 bits per heavy atom. The lowest BCUT2D eigenvalue weighted by atomic mass is 9.95. The van der Waals surface area contributed by atoms with Gasteiger partial charge in [0.1, 0.15) is 5.54 Å². The van der Waals surface area contributed by atoms with Gasteiger partial charge in [-0.15, -0.1) is 0 Å². The fourth-order valence-electron chi connectivity index (χ4n) is 3.32. The number of rotatable bonds is 7. The minimum absolute atomic E-state index is 0.00749. The number of nitrogens with zero attached hydrogens (tertiary/aromatic N) is 1. The molecule has 2 aromatic rings. The lowest BCUT2D eigenvalue weighted by Gasteiger charge is -2.42. The Morgan fingerprint density at radius 2 is 1.79 bits per heavy atom. The van der Waals surface area contributed by atoms with Crippen molar-refractivity contribution in [2.75, 3.05) is 16.8 Å². The van der Waals surface area contributed by atoms with Gasteiger partial charge in [0.2, 0.25) is 15.9 Å². The third-order valence-corrected chi connectivity index (χ3v) is 6.86. The van der Waals surface area contributed by atoms with Gasteiger partial charge in [-0.05, 0) is 57.2 Å². The number of benzene rings is 2. The quantitative estimate of drug-likeness (QED) is 0.572. The van der Waals surface area contributed by atoms with Crippen LogP contribution in [0.25, 0.3) is 0 Å². The van der Waals surface area contributed by atoms with Crippen molar-refractivity contribution in [3.05, 3.63) is 53.6 Å². The van der Waals surface area contributed by atoms with Crippen LogP contribution in [0.15, 0.2) is 53.4 Å². The van der Waals surface area contributed by atoms with E-state index in [2.05, 4.69) is 10.0 Å². The molecular weight excluding hydrogens is 470 g/mol. The van der Waals surface area contributed by atoms with Crippen molar-refractivity contribution in [3.8, 4) is 0 Å². The number of fused-ring (bicyclic) bond motifs is 1. The smallest absolute Gasteiger partial charge is 0.307 e. The molecule has 1 aliphatic heterocycles. The van der Waals surface area contributed by atoms with E-state index in [0.29, 0.717) is 16.4 Å². The van der Waals surface area contributed by atoms with E-state index >= 15 is 0 Å². The third kappa shape index (κ3) is 5.35. The fraction of sp³-hybridized carbons (Fsp3) is 0.318. The molecule has 176 valence electrons. The van der Waals surface area contributed by atoms with Gasteiger partial charge in [0.15, 0.2) is 6.10 Å². The van der Waals surface area contributed by atoms with Crippen LogP contribution >= 0.6 is 11.6 Å². The van der Waals surface area contributed by atoms with Gasteiger partial charge in [0, 0.05) is 11.6 Å². The van der Waals surface area contributed by atoms with E-state index < -0.39 is 33.5 Å². The summed E-state index contributed by atoms with van der Waals surface area (Å²) in [5, 5.41) is 3.16. The first-order valence-corrected chi connectivity index (χ1v) is 12.0. The zero-order chi connectivity index (χ0) is 24.4. The lowest BCUT2D eigenvalue weighted by Crippen LogP contribution is -2.60. The number of anilines is 2. The number of sulfonamides is 1. The summed E-state index contributed by atoms with van der Waals surface area (Å²) in [5.41, 5.74) is -0.239. The van der Waals surface area contributed by atoms with Crippen molar-refractivity contribution in [2.24, 2.45) is 0 Å². The Kier molecular flexibility index (Phi) is 7.11. The van der Waals surface area contributed by atoms with E-state index in [4.69, 9.17) is 16.3 Å². The number of carbonyl (C=O) groups is 3. The van der Waals surface area contributed by atoms with Crippen molar-refractivity contribution < 1.29 is 27.5 Å². The van der Waals surface area contributed by atoms with Crippen LogP contribution < -0.4 is 14.9 Å². The predicted molar refractivity (Wildman–Crippen MR) is 123 cm³/mol. The summed E-state index contributed by atoms with van der Waals surface area (Å²) in [5.74, 6) is -1.70. The minimum Gasteiger partial charge on any atom is -0.452 e. The molecule has 0 radical (unpaired) electrons. The maximum Gasteiger partial charge on any atom is 0.307 e. The number of halogens is 1. The maximum atomic E-state index is 13.1. The van der Waals surface area contributed by atoms with Crippen LogP contribution in [0.4, 0.5) is 11.4 Å². The summed E-state index contributed by atoms with van der Waals surface area (Å²) in [7, 11) is -3.83. The normalized spacial score (nSPS) is 15.9. The molecule has 0 fully saturated rings. The summed E-state index contributed by atoms with van der Waals surface area (Å²) in [6, 6.07) is 12.4. The summed E-state index contributed by atoms with van der Waals surface area (Å²) in [6.07, 6.45) is -1.48. The molecule has 3 rings (SSSR count). The topological polar surface area (TPSA) is 122 Å². The second-order valence-electron chi connectivity index (χ2n) is 7.94. The Labute approximate surface area is 197 Å². The van der Waals surface area contributed by atoms with E-state index in [1.54, 1.807) is 38.1 Å². The number of para-hydroxylation sites is 2. The van der Waals surface area contributed by atoms with Crippen molar-refractivity contribution in [2.45, 2.75) is 43.7 Å². The molecule has 0 spiro atoms. The molecule has 2 amide bonds. The van der Waals surface area contributed by atoms with Gasteiger partial charge < -0.3 is 10.1 Å². The largest absolute Gasteiger partial charge is 0.452 e. The van der Waals surface area contributed by atoms with Gasteiger partial charge in [0.25, 0.3) is 5.91 Å². The number of carbonyl (C=O) groups excluding carboxylic acids is 3. The summed E-state index contributed by atoms with van der Waals surface area (Å²) >= 11 is 5.76. The molecule has 0 bridgehead atoms. The van der Waals surface area contributed by atoms with Gasteiger partial charge in [-0.1, -0.05) is 23.7 Å². The van der Waals surface area contributed by atoms with Crippen molar-refractivity contribution in [1.82, 2.24) is 4.72 Å². The predicted octanol–water partition coefficient (Wildman–Crippen LogP) is 2.70. The van der Waals surface area contributed by atoms with Gasteiger partial charge in [-0.25, -0.2) is 13.1 Å². The fourth-order valence-corrected chi connectivity index (χ4v) is 4.48. The minimum atomic E-state index is -3.83. The Bertz CT molecular complexity index is 1180.